The van der Waals surface area contributed by atoms with E-state index in [-0.39, 0.29) is 30.4 Å². The number of carbonyl (C=O) groups is 2. The van der Waals surface area contributed by atoms with Crippen LogP contribution in [0.2, 0.25) is 0 Å². The van der Waals surface area contributed by atoms with E-state index in [1.807, 2.05) is 4.90 Å². The molecule has 2 aliphatic heterocycles. The summed E-state index contributed by atoms with van der Waals surface area (Å²) in [6.07, 6.45) is 3.93. The van der Waals surface area contributed by atoms with Gasteiger partial charge in [0.15, 0.2) is 0 Å². The average Bonchev–Trinajstić information content (AvgIpc) is 2.66. The van der Waals surface area contributed by atoms with Gasteiger partial charge in [-0.15, -0.1) is 0 Å². The highest BCUT2D eigenvalue weighted by Gasteiger charge is 2.36. The second-order valence-corrected chi connectivity index (χ2v) is 5.94. The van der Waals surface area contributed by atoms with Crippen molar-refractivity contribution in [1.29, 1.82) is 0 Å². The SMILES string of the molecule is Cc1ncc(C(=O)N2CC[C@@H]3OCC(=O)N(C)C[C@H]3C2)cn1. The molecule has 3 rings (SSSR count). The van der Waals surface area contributed by atoms with Crippen LogP contribution in [0, 0.1) is 12.8 Å². The van der Waals surface area contributed by atoms with Gasteiger partial charge in [-0.25, -0.2) is 9.97 Å². The number of fused-ring (bicyclic) bond motifs is 1. The van der Waals surface area contributed by atoms with E-state index in [0.717, 1.165) is 6.42 Å². The third-order valence-electron chi connectivity index (χ3n) is 4.33. The molecule has 1 aromatic heterocycles. The van der Waals surface area contributed by atoms with E-state index >= 15 is 0 Å². The first-order valence-corrected chi connectivity index (χ1v) is 7.48. The van der Waals surface area contributed by atoms with Crippen LogP contribution in [0.4, 0.5) is 0 Å². The number of hydrogen-bond donors (Lipinski definition) is 0. The molecule has 0 N–H and O–H groups in total. The highest BCUT2D eigenvalue weighted by Crippen LogP contribution is 2.24. The van der Waals surface area contributed by atoms with Crippen molar-refractivity contribution in [2.24, 2.45) is 5.92 Å². The highest BCUT2D eigenvalue weighted by molar-refractivity contribution is 5.93. The van der Waals surface area contributed by atoms with Gasteiger partial charge in [0.1, 0.15) is 12.4 Å². The molecule has 7 nitrogen and oxygen atoms in total. The molecule has 0 spiro atoms. The normalized spacial score (nSPS) is 25.6. The molecule has 0 bridgehead atoms. The minimum Gasteiger partial charge on any atom is -0.368 e. The smallest absolute Gasteiger partial charge is 0.257 e. The lowest BCUT2D eigenvalue weighted by atomic mass is 9.94. The number of likely N-dealkylation sites (N-methyl/N-ethyl adjacent to an activating group) is 1. The largest absolute Gasteiger partial charge is 0.368 e. The van der Waals surface area contributed by atoms with Crippen LogP contribution < -0.4 is 0 Å². The number of aromatic nitrogens is 2. The average molecular weight is 304 g/mol. The Morgan fingerprint density at radius 3 is 2.77 bits per heavy atom. The fourth-order valence-electron chi connectivity index (χ4n) is 3.02. The van der Waals surface area contributed by atoms with E-state index in [9.17, 15) is 9.59 Å². The van der Waals surface area contributed by atoms with E-state index in [1.54, 1.807) is 31.3 Å². The molecule has 22 heavy (non-hydrogen) atoms. The molecule has 0 saturated carbocycles. The Morgan fingerprint density at radius 1 is 1.32 bits per heavy atom. The van der Waals surface area contributed by atoms with Crippen LogP contribution in [0.25, 0.3) is 0 Å². The van der Waals surface area contributed by atoms with Gasteiger partial charge in [-0.05, 0) is 13.3 Å². The minimum atomic E-state index is -0.0586. The number of carbonyl (C=O) groups excluding carboxylic acids is 2. The van der Waals surface area contributed by atoms with Gasteiger partial charge in [0, 0.05) is 45.0 Å². The zero-order chi connectivity index (χ0) is 15.7. The summed E-state index contributed by atoms with van der Waals surface area (Å²) >= 11 is 0. The Kier molecular flexibility index (Phi) is 4.06. The van der Waals surface area contributed by atoms with Crippen LogP contribution in [-0.4, -0.2) is 71.0 Å². The molecular weight excluding hydrogens is 284 g/mol. The van der Waals surface area contributed by atoms with Crippen molar-refractivity contribution >= 4 is 11.8 Å². The van der Waals surface area contributed by atoms with Crippen LogP contribution in [0.15, 0.2) is 12.4 Å². The first kappa shape index (κ1) is 14.9. The summed E-state index contributed by atoms with van der Waals surface area (Å²) in [6, 6.07) is 0. The molecule has 7 heteroatoms. The summed E-state index contributed by atoms with van der Waals surface area (Å²) in [7, 11) is 1.78. The van der Waals surface area contributed by atoms with Gasteiger partial charge in [0.2, 0.25) is 5.91 Å². The van der Waals surface area contributed by atoms with Gasteiger partial charge in [-0.3, -0.25) is 9.59 Å². The monoisotopic (exact) mass is 304 g/mol. The van der Waals surface area contributed by atoms with Crippen molar-refractivity contribution in [2.45, 2.75) is 19.4 Å². The second kappa shape index (κ2) is 6.00. The maximum absolute atomic E-state index is 12.5. The summed E-state index contributed by atoms with van der Waals surface area (Å²) in [5, 5.41) is 0. The molecule has 0 aromatic carbocycles. The molecular formula is C15H20N4O3. The van der Waals surface area contributed by atoms with Crippen molar-refractivity contribution in [3.05, 3.63) is 23.8 Å². The molecule has 0 aliphatic carbocycles. The Morgan fingerprint density at radius 2 is 2.05 bits per heavy atom. The van der Waals surface area contributed by atoms with Crippen molar-refractivity contribution in [1.82, 2.24) is 19.8 Å². The summed E-state index contributed by atoms with van der Waals surface area (Å²) in [4.78, 5) is 35.9. The summed E-state index contributed by atoms with van der Waals surface area (Å²) < 4.78 is 5.69. The molecule has 2 atom stereocenters. The first-order chi connectivity index (χ1) is 10.5. The van der Waals surface area contributed by atoms with Crippen molar-refractivity contribution in [3.63, 3.8) is 0 Å². The van der Waals surface area contributed by atoms with Crippen LogP contribution in [0.1, 0.15) is 22.6 Å². The molecule has 0 radical (unpaired) electrons. The van der Waals surface area contributed by atoms with Crippen LogP contribution in [0.3, 0.4) is 0 Å². The van der Waals surface area contributed by atoms with Crippen molar-refractivity contribution in [3.8, 4) is 0 Å². The highest BCUT2D eigenvalue weighted by atomic mass is 16.5. The zero-order valence-electron chi connectivity index (χ0n) is 12.9. The number of rotatable bonds is 1. The van der Waals surface area contributed by atoms with E-state index in [2.05, 4.69) is 9.97 Å². The standard InChI is InChI=1S/C15H20N4O3/c1-10-16-5-11(6-17-10)15(21)19-4-3-13-12(8-19)7-18(2)14(20)9-22-13/h5-6,12-13H,3-4,7-9H2,1-2H3/t12-,13-/m0/s1. The molecule has 2 fully saturated rings. The van der Waals surface area contributed by atoms with Gasteiger partial charge < -0.3 is 14.5 Å². The molecule has 1 aromatic rings. The van der Waals surface area contributed by atoms with Gasteiger partial charge >= 0.3 is 0 Å². The number of amides is 2. The number of ether oxygens (including phenoxy) is 1. The van der Waals surface area contributed by atoms with Gasteiger partial charge in [0.05, 0.1) is 11.7 Å². The number of aryl methyl sites for hydroxylation is 1. The van der Waals surface area contributed by atoms with E-state index < -0.39 is 0 Å². The Labute approximate surface area is 129 Å². The predicted molar refractivity (Wildman–Crippen MR) is 78.2 cm³/mol. The Hall–Kier alpha value is -2.02. The lowest BCUT2D eigenvalue weighted by Crippen LogP contribution is -2.48. The predicted octanol–water partition coefficient (Wildman–Crippen LogP) is 0.104. The van der Waals surface area contributed by atoms with E-state index in [4.69, 9.17) is 4.74 Å². The quantitative estimate of drug-likeness (QED) is 0.736. The van der Waals surface area contributed by atoms with Gasteiger partial charge in [-0.1, -0.05) is 0 Å². The number of nitrogens with zero attached hydrogens (tertiary/aromatic N) is 4. The molecule has 0 unspecified atom stereocenters. The molecule has 2 saturated heterocycles. The maximum atomic E-state index is 12.5. The van der Waals surface area contributed by atoms with Crippen LogP contribution >= 0.6 is 0 Å². The zero-order valence-corrected chi connectivity index (χ0v) is 12.9. The third kappa shape index (κ3) is 2.94. The molecule has 2 aliphatic rings. The number of piperidine rings is 1. The first-order valence-electron chi connectivity index (χ1n) is 7.48. The lowest BCUT2D eigenvalue weighted by molar-refractivity contribution is -0.133. The molecule has 2 amide bonds. The van der Waals surface area contributed by atoms with E-state index in [0.29, 0.717) is 31.0 Å². The molecule has 3 heterocycles. The van der Waals surface area contributed by atoms with Crippen LogP contribution in [-0.2, 0) is 9.53 Å². The number of hydrogen-bond acceptors (Lipinski definition) is 5. The number of likely N-dealkylation sites (tertiary alicyclic amines) is 1. The fourth-order valence-corrected chi connectivity index (χ4v) is 3.02. The van der Waals surface area contributed by atoms with Crippen LogP contribution in [0.5, 0.6) is 0 Å². The van der Waals surface area contributed by atoms with E-state index in [1.165, 1.54) is 0 Å². The third-order valence-corrected chi connectivity index (χ3v) is 4.33. The lowest BCUT2D eigenvalue weighted by Gasteiger charge is -2.37. The summed E-state index contributed by atoms with van der Waals surface area (Å²) in [6.45, 7) is 3.77. The van der Waals surface area contributed by atoms with Gasteiger partial charge in [0.25, 0.3) is 5.91 Å². The maximum Gasteiger partial charge on any atom is 0.257 e. The van der Waals surface area contributed by atoms with Crippen molar-refractivity contribution in [2.75, 3.05) is 33.3 Å². The Balaban J connectivity index is 1.71. The summed E-state index contributed by atoms with van der Waals surface area (Å²) in [5.74, 6) is 0.740. The van der Waals surface area contributed by atoms with Gasteiger partial charge in [-0.2, -0.15) is 0 Å². The fraction of sp³-hybridized carbons (Fsp3) is 0.600. The molecule has 118 valence electrons. The Bertz CT molecular complexity index is 575. The second-order valence-electron chi connectivity index (χ2n) is 5.94. The topological polar surface area (TPSA) is 75.6 Å². The minimum absolute atomic E-state index is 0.000730. The van der Waals surface area contributed by atoms with Crippen molar-refractivity contribution < 1.29 is 14.3 Å². The summed E-state index contributed by atoms with van der Waals surface area (Å²) in [5.41, 5.74) is 0.503.